The quantitative estimate of drug-likeness (QED) is 0.867. The van der Waals surface area contributed by atoms with Gasteiger partial charge in [-0.2, -0.15) is 0 Å². The summed E-state index contributed by atoms with van der Waals surface area (Å²) < 4.78 is 25.1. The van der Waals surface area contributed by atoms with E-state index in [2.05, 4.69) is 5.32 Å². The van der Waals surface area contributed by atoms with Crippen LogP contribution in [0.25, 0.3) is 0 Å². The molecule has 0 aliphatic rings. The molecule has 0 spiro atoms. The molecule has 0 heterocycles. The molecule has 0 amide bonds. The lowest BCUT2D eigenvalue weighted by Gasteiger charge is -2.15. The van der Waals surface area contributed by atoms with Crippen LogP contribution in [0.2, 0.25) is 0 Å². The van der Waals surface area contributed by atoms with Crippen LogP contribution in [0, 0.1) is 5.82 Å². The molecule has 112 valence electrons. The van der Waals surface area contributed by atoms with Crippen LogP contribution in [0.3, 0.4) is 0 Å². The fourth-order valence-electron chi connectivity index (χ4n) is 1.93. The standard InChI is InChI=1S/C17H20FNO2/c1-12(2)19-11-13-14(18)7-6-10-15(13)21-17-9-5-4-8-16(17)20-3/h4-10,12,19H,11H2,1-3H3. The molecular formula is C17H20FNO2. The van der Waals surface area contributed by atoms with Gasteiger partial charge >= 0.3 is 0 Å². The SMILES string of the molecule is COc1ccccc1Oc1cccc(F)c1CNC(C)C. The molecule has 0 aromatic heterocycles. The summed E-state index contributed by atoms with van der Waals surface area (Å²) in [6, 6.07) is 12.4. The van der Waals surface area contributed by atoms with Crippen LogP contribution in [-0.2, 0) is 6.54 Å². The van der Waals surface area contributed by atoms with E-state index >= 15 is 0 Å². The van der Waals surface area contributed by atoms with Gasteiger partial charge in [0, 0.05) is 18.2 Å². The Bertz CT molecular complexity index is 599. The third kappa shape index (κ3) is 3.95. The van der Waals surface area contributed by atoms with Crippen molar-refractivity contribution in [2.75, 3.05) is 7.11 Å². The van der Waals surface area contributed by atoms with Gasteiger partial charge in [0.25, 0.3) is 0 Å². The van der Waals surface area contributed by atoms with Crippen LogP contribution in [0.5, 0.6) is 17.2 Å². The average molecular weight is 289 g/mol. The third-order valence-corrected chi connectivity index (χ3v) is 3.05. The van der Waals surface area contributed by atoms with Gasteiger partial charge in [0.2, 0.25) is 0 Å². The van der Waals surface area contributed by atoms with Crippen molar-refractivity contribution in [1.29, 1.82) is 0 Å². The molecule has 2 aromatic rings. The summed E-state index contributed by atoms with van der Waals surface area (Å²) in [4.78, 5) is 0. The van der Waals surface area contributed by atoms with Crippen molar-refractivity contribution in [3.8, 4) is 17.2 Å². The summed E-state index contributed by atoms with van der Waals surface area (Å²) in [5.74, 6) is 1.39. The summed E-state index contributed by atoms with van der Waals surface area (Å²) in [5.41, 5.74) is 0.511. The average Bonchev–Trinajstić information content (AvgIpc) is 2.47. The predicted molar refractivity (Wildman–Crippen MR) is 81.4 cm³/mol. The second kappa shape index (κ2) is 7.09. The minimum absolute atomic E-state index is 0.267. The van der Waals surface area contributed by atoms with Gasteiger partial charge in [0.05, 0.1) is 7.11 Å². The minimum Gasteiger partial charge on any atom is -0.493 e. The van der Waals surface area contributed by atoms with E-state index in [1.807, 2.05) is 26.0 Å². The van der Waals surface area contributed by atoms with Gasteiger partial charge in [-0.05, 0) is 24.3 Å². The molecule has 0 saturated carbocycles. The highest BCUT2D eigenvalue weighted by Crippen LogP contribution is 2.33. The molecule has 21 heavy (non-hydrogen) atoms. The van der Waals surface area contributed by atoms with E-state index < -0.39 is 0 Å². The Morgan fingerprint density at radius 2 is 1.67 bits per heavy atom. The number of ether oxygens (including phenoxy) is 2. The maximum atomic E-state index is 14.0. The number of para-hydroxylation sites is 2. The molecule has 0 aliphatic carbocycles. The highest BCUT2D eigenvalue weighted by Gasteiger charge is 2.12. The summed E-state index contributed by atoms with van der Waals surface area (Å²) in [5, 5.41) is 3.21. The fraction of sp³-hybridized carbons (Fsp3) is 0.294. The number of nitrogens with one attached hydrogen (secondary N) is 1. The second-order valence-electron chi connectivity index (χ2n) is 5.01. The molecule has 0 atom stereocenters. The highest BCUT2D eigenvalue weighted by atomic mass is 19.1. The Morgan fingerprint density at radius 3 is 2.33 bits per heavy atom. The molecule has 0 fully saturated rings. The topological polar surface area (TPSA) is 30.5 Å². The van der Waals surface area contributed by atoms with Crippen molar-refractivity contribution in [3.63, 3.8) is 0 Å². The lowest BCUT2D eigenvalue weighted by Crippen LogP contribution is -2.22. The first-order valence-electron chi connectivity index (χ1n) is 6.93. The number of halogens is 1. The molecule has 1 N–H and O–H groups in total. The maximum Gasteiger partial charge on any atom is 0.169 e. The zero-order valence-corrected chi connectivity index (χ0v) is 12.5. The van der Waals surface area contributed by atoms with Gasteiger partial charge in [-0.25, -0.2) is 4.39 Å². The normalized spacial score (nSPS) is 10.7. The first kappa shape index (κ1) is 15.3. The van der Waals surface area contributed by atoms with Crippen molar-refractivity contribution in [2.24, 2.45) is 0 Å². The first-order valence-corrected chi connectivity index (χ1v) is 6.93. The largest absolute Gasteiger partial charge is 0.493 e. The molecular weight excluding hydrogens is 269 g/mol. The molecule has 0 aliphatic heterocycles. The highest BCUT2D eigenvalue weighted by molar-refractivity contribution is 5.45. The van der Waals surface area contributed by atoms with Gasteiger partial charge in [-0.3, -0.25) is 0 Å². The molecule has 2 rings (SSSR count). The van der Waals surface area contributed by atoms with Gasteiger partial charge in [0.15, 0.2) is 11.5 Å². The fourth-order valence-corrected chi connectivity index (χ4v) is 1.93. The number of hydrogen-bond acceptors (Lipinski definition) is 3. The smallest absolute Gasteiger partial charge is 0.169 e. The lowest BCUT2D eigenvalue weighted by molar-refractivity contribution is 0.375. The summed E-state index contributed by atoms with van der Waals surface area (Å²) in [6.07, 6.45) is 0. The monoisotopic (exact) mass is 289 g/mol. The van der Waals surface area contributed by atoms with Gasteiger partial charge in [-0.1, -0.05) is 32.0 Å². The van der Waals surface area contributed by atoms with Crippen molar-refractivity contribution in [1.82, 2.24) is 5.32 Å². The minimum atomic E-state index is -0.282. The molecule has 0 saturated heterocycles. The van der Waals surface area contributed by atoms with Crippen LogP contribution < -0.4 is 14.8 Å². The number of rotatable bonds is 6. The van der Waals surface area contributed by atoms with E-state index in [9.17, 15) is 4.39 Å². The Morgan fingerprint density at radius 1 is 1.00 bits per heavy atom. The zero-order valence-electron chi connectivity index (χ0n) is 12.5. The van der Waals surface area contributed by atoms with Crippen LogP contribution in [0.4, 0.5) is 4.39 Å². The van der Waals surface area contributed by atoms with E-state index in [4.69, 9.17) is 9.47 Å². The van der Waals surface area contributed by atoms with Crippen molar-refractivity contribution >= 4 is 0 Å². The molecule has 2 aromatic carbocycles. The molecule has 0 bridgehead atoms. The Kier molecular flexibility index (Phi) is 5.17. The van der Waals surface area contributed by atoms with Crippen molar-refractivity contribution < 1.29 is 13.9 Å². The van der Waals surface area contributed by atoms with Crippen LogP contribution in [0.1, 0.15) is 19.4 Å². The predicted octanol–water partition coefficient (Wildman–Crippen LogP) is 4.12. The summed E-state index contributed by atoms with van der Waals surface area (Å²) in [6.45, 7) is 4.44. The summed E-state index contributed by atoms with van der Waals surface area (Å²) >= 11 is 0. The van der Waals surface area contributed by atoms with Crippen molar-refractivity contribution in [3.05, 3.63) is 53.8 Å². The lowest BCUT2D eigenvalue weighted by atomic mass is 10.1. The third-order valence-electron chi connectivity index (χ3n) is 3.05. The molecule has 3 nitrogen and oxygen atoms in total. The van der Waals surface area contributed by atoms with Gasteiger partial charge in [0.1, 0.15) is 11.6 Å². The Labute approximate surface area is 124 Å². The number of hydrogen-bond donors (Lipinski definition) is 1. The zero-order chi connectivity index (χ0) is 15.2. The first-order chi connectivity index (χ1) is 10.1. The van der Waals surface area contributed by atoms with E-state index in [1.54, 1.807) is 31.4 Å². The molecule has 0 radical (unpaired) electrons. The van der Waals surface area contributed by atoms with Crippen LogP contribution in [0.15, 0.2) is 42.5 Å². The van der Waals surface area contributed by atoms with Crippen LogP contribution >= 0.6 is 0 Å². The maximum absolute atomic E-state index is 14.0. The van der Waals surface area contributed by atoms with E-state index in [1.165, 1.54) is 6.07 Å². The van der Waals surface area contributed by atoms with E-state index in [0.29, 0.717) is 29.4 Å². The van der Waals surface area contributed by atoms with E-state index in [0.717, 1.165) is 0 Å². The molecule has 4 heteroatoms. The second-order valence-corrected chi connectivity index (χ2v) is 5.01. The number of methoxy groups -OCH3 is 1. The summed E-state index contributed by atoms with van der Waals surface area (Å²) in [7, 11) is 1.58. The Hall–Kier alpha value is -2.07. The number of benzene rings is 2. The van der Waals surface area contributed by atoms with Gasteiger partial charge < -0.3 is 14.8 Å². The Balaban J connectivity index is 2.29. The van der Waals surface area contributed by atoms with Crippen LogP contribution in [-0.4, -0.2) is 13.2 Å². The molecule has 0 unspecified atom stereocenters. The van der Waals surface area contributed by atoms with Crippen molar-refractivity contribution in [2.45, 2.75) is 26.4 Å². The van der Waals surface area contributed by atoms with Gasteiger partial charge in [-0.15, -0.1) is 0 Å². The van der Waals surface area contributed by atoms with E-state index in [-0.39, 0.29) is 11.9 Å².